The molecular formula is C13H22N2S. The van der Waals surface area contributed by atoms with Gasteiger partial charge in [-0.25, -0.2) is 4.98 Å². The van der Waals surface area contributed by atoms with Crippen molar-refractivity contribution in [3.8, 4) is 0 Å². The van der Waals surface area contributed by atoms with Crippen LogP contribution in [0.1, 0.15) is 48.7 Å². The first-order valence-electron chi connectivity index (χ1n) is 6.24. The molecule has 1 N–H and O–H groups in total. The van der Waals surface area contributed by atoms with E-state index >= 15 is 0 Å². The van der Waals surface area contributed by atoms with Crippen LogP contribution in [-0.4, -0.2) is 12.0 Å². The van der Waals surface area contributed by atoms with Crippen LogP contribution in [0.15, 0.2) is 0 Å². The van der Waals surface area contributed by atoms with E-state index in [4.69, 9.17) is 4.98 Å². The Kier molecular flexibility index (Phi) is 3.65. The fourth-order valence-electron chi connectivity index (χ4n) is 2.07. The van der Waals surface area contributed by atoms with Crippen LogP contribution in [0.25, 0.3) is 0 Å². The van der Waals surface area contributed by atoms with Crippen LogP contribution in [-0.2, 0) is 13.0 Å². The van der Waals surface area contributed by atoms with Gasteiger partial charge in [0.1, 0.15) is 0 Å². The molecule has 0 radical (unpaired) electrons. The Labute approximate surface area is 102 Å². The van der Waals surface area contributed by atoms with Crippen LogP contribution in [0.3, 0.4) is 0 Å². The van der Waals surface area contributed by atoms with E-state index in [1.807, 2.05) is 18.4 Å². The van der Waals surface area contributed by atoms with Crippen molar-refractivity contribution in [3.63, 3.8) is 0 Å². The molecule has 2 rings (SSSR count). The first-order valence-corrected chi connectivity index (χ1v) is 7.06. The zero-order valence-electron chi connectivity index (χ0n) is 10.7. The summed E-state index contributed by atoms with van der Waals surface area (Å²) in [5, 5.41) is 4.63. The molecule has 2 unspecified atom stereocenters. The second-order valence-electron chi connectivity index (χ2n) is 5.37. The molecule has 16 heavy (non-hydrogen) atoms. The normalized spacial score (nSPS) is 24.1. The smallest absolute Gasteiger partial charge is 0.0965 e. The number of hydrogen-bond donors (Lipinski definition) is 1. The van der Waals surface area contributed by atoms with Gasteiger partial charge in [0, 0.05) is 17.3 Å². The fraction of sp³-hybridized carbons (Fsp3) is 0.769. The van der Waals surface area contributed by atoms with E-state index in [-0.39, 0.29) is 0 Å². The van der Waals surface area contributed by atoms with Crippen molar-refractivity contribution in [1.29, 1.82) is 0 Å². The molecule has 1 aliphatic carbocycles. The van der Waals surface area contributed by atoms with Crippen LogP contribution in [0.4, 0.5) is 0 Å². The van der Waals surface area contributed by atoms with E-state index in [0.29, 0.717) is 5.92 Å². The van der Waals surface area contributed by atoms with Crippen LogP contribution in [0.2, 0.25) is 0 Å². The molecule has 2 atom stereocenters. The lowest BCUT2D eigenvalue weighted by Gasteiger charge is -2.03. The summed E-state index contributed by atoms with van der Waals surface area (Å²) in [6, 6.07) is 0. The number of hydrogen-bond acceptors (Lipinski definition) is 3. The maximum Gasteiger partial charge on any atom is 0.0965 e. The molecular weight excluding hydrogens is 216 g/mol. The molecule has 1 aliphatic rings. The molecule has 1 heterocycles. The summed E-state index contributed by atoms with van der Waals surface area (Å²) in [6.07, 6.45) is 2.46. The SMILES string of the molecule is CNCc1sc(C2CC2C)nc1CC(C)C. The second-order valence-corrected chi connectivity index (χ2v) is 6.48. The molecule has 3 heteroatoms. The summed E-state index contributed by atoms with van der Waals surface area (Å²) < 4.78 is 0. The molecule has 1 saturated carbocycles. The molecule has 0 aliphatic heterocycles. The Morgan fingerprint density at radius 1 is 1.50 bits per heavy atom. The average molecular weight is 238 g/mol. The Hall–Kier alpha value is -0.410. The lowest BCUT2D eigenvalue weighted by Crippen LogP contribution is -2.07. The van der Waals surface area contributed by atoms with E-state index in [1.165, 1.54) is 22.0 Å². The minimum Gasteiger partial charge on any atom is -0.315 e. The number of thiazole rings is 1. The number of rotatable bonds is 5. The molecule has 2 nitrogen and oxygen atoms in total. The van der Waals surface area contributed by atoms with E-state index in [0.717, 1.165) is 24.8 Å². The van der Waals surface area contributed by atoms with Crippen LogP contribution in [0.5, 0.6) is 0 Å². The minimum absolute atomic E-state index is 0.696. The van der Waals surface area contributed by atoms with Gasteiger partial charge in [0.15, 0.2) is 0 Å². The maximum atomic E-state index is 4.86. The summed E-state index contributed by atoms with van der Waals surface area (Å²) in [6.45, 7) is 7.83. The molecule has 0 aromatic carbocycles. The third kappa shape index (κ3) is 2.64. The Morgan fingerprint density at radius 2 is 2.19 bits per heavy atom. The summed E-state index contributed by atoms with van der Waals surface area (Å²) in [5.41, 5.74) is 1.34. The van der Waals surface area contributed by atoms with Crippen LogP contribution >= 0.6 is 11.3 Å². The van der Waals surface area contributed by atoms with Crippen LogP contribution in [0, 0.1) is 11.8 Å². The summed E-state index contributed by atoms with van der Waals surface area (Å²) in [5.74, 6) is 2.32. The van der Waals surface area contributed by atoms with E-state index in [9.17, 15) is 0 Å². The van der Waals surface area contributed by atoms with E-state index < -0.39 is 0 Å². The number of aromatic nitrogens is 1. The highest BCUT2D eigenvalue weighted by molar-refractivity contribution is 7.11. The van der Waals surface area contributed by atoms with Crippen molar-refractivity contribution in [2.75, 3.05) is 7.05 Å². The predicted molar refractivity (Wildman–Crippen MR) is 69.9 cm³/mol. The van der Waals surface area contributed by atoms with Gasteiger partial charge >= 0.3 is 0 Å². The Bertz CT molecular complexity index is 357. The van der Waals surface area contributed by atoms with Gasteiger partial charge in [-0.15, -0.1) is 11.3 Å². The molecule has 1 fully saturated rings. The zero-order chi connectivity index (χ0) is 11.7. The van der Waals surface area contributed by atoms with Gasteiger partial charge in [-0.3, -0.25) is 0 Å². The van der Waals surface area contributed by atoms with E-state index in [2.05, 4.69) is 26.1 Å². The lowest BCUT2D eigenvalue weighted by molar-refractivity contribution is 0.629. The van der Waals surface area contributed by atoms with Crippen molar-refractivity contribution in [3.05, 3.63) is 15.6 Å². The van der Waals surface area contributed by atoms with Crippen LogP contribution < -0.4 is 5.32 Å². The van der Waals surface area contributed by atoms with Crippen molar-refractivity contribution in [2.24, 2.45) is 11.8 Å². The van der Waals surface area contributed by atoms with Crippen molar-refractivity contribution in [2.45, 2.75) is 46.1 Å². The third-order valence-corrected chi connectivity index (χ3v) is 4.39. The van der Waals surface area contributed by atoms with Gasteiger partial charge in [0.2, 0.25) is 0 Å². The lowest BCUT2D eigenvalue weighted by atomic mass is 10.1. The van der Waals surface area contributed by atoms with Crippen molar-refractivity contribution < 1.29 is 0 Å². The molecule has 1 aromatic heterocycles. The fourth-order valence-corrected chi connectivity index (χ4v) is 3.42. The van der Waals surface area contributed by atoms with Crippen molar-refractivity contribution in [1.82, 2.24) is 10.3 Å². The topological polar surface area (TPSA) is 24.9 Å². The Morgan fingerprint density at radius 3 is 2.69 bits per heavy atom. The highest BCUT2D eigenvalue weighted by Crippen LogP contribution is 2.48. The highest BCUT2D eigenvalue weighted by Gasteiger charge is 2.37. The average Bonchev–Trinajstić information content (AvgIpc) is 2.79. The Balaban J connectivity index is 2.16. The maximum absolute atomic E-state index is 4.86. The molecule has 0 bridgehead atoms. The molecule has 1 aromatic rings. The quantitative estimate of drug-likeness (QED) is 0.852. The van der Waals surface area contributed by atoms with Gasteiger partial charge in [-0.05, 0) is 31.7 Å². The summed E-state index contributed by atoms with van der Waals surface area (Å²) in [7, 11) is 2.01. The van der Waals surface area contributed by atoms with E-state index in [1.54, 1.807) is 0 Å². The van der Waals surface area contributed by atoms with Gasteiger partial charge in [0.25, 0.3) is 0 Å². The largest absolute Gasteiger partial charge is 0.315 e. The van der Waals surface area contributed by atoms with Crippen molar-refractivity contribution >= 4 is 11.3 Å². The second kappa shape index (κ2) is 4.84. The van der Waals surface area contributed by atoms with Gasteiger partial charge in [-0.2, -0.15) is 0 Å². The van der Waals surface area contributed by atoms with Gasteiger partial charge < -0.3 is 5.32 Å². The zero-order valence-corrected chi connectivity index (χ0v) is 11.5. The molecule has 0 amide bonds. The van der Waals surface area contributed by atoms with Gasteiger partial charge in [0.05, 0.1) is 10.7 Å². The third-order valence-electron chi connectivity index (χ3n) is 3.16. The number of nitrogens with zero attached hydrogens (tertiary/aromatic N) is 1. The minimum atomic E-state index is 0.696. The summed E-state index contributed by atoms with van der Waals surface area (Å²) in [4.78, 5) is 6.31. The standard InChI is InChI=1S/C13H22N2S/c1-8(2)5-11-12(7-14-4)16-13(15-11)10-6-9(10)3/h8-10,14H,5-7H2,1-4H3. The number of nitrogens with one attached hydrogen (secondary N) is 1. The highest BCUT2D eigenvalue weighted by atomic mass is 32.1. The molecule has 0 saturated heterocycles. The molecule has 90 valence electrons. The first kappa shape index (κ1) is 12.1. The first-order chi connectivity index (χ1) is 7.61. The summed E-state index contributed by atoms with van der Waals surface area (Å²) >= 11 is 1.93. The predicted octanol–water partition coefficient (Wildman–Crippen LogP) is 3.18. The molecule has 0 spiro atoms. The monoisotopic (exact) mass is 238 g/mol. The van der Waals surface area contributed by atoms with Gasteiger partial charge in [-0.1, -0.05) is 20.8 Å².